The van der Waals surface area contributed by atoms with Crippen LogP contribution in [0.15, 0.2) is 34.5 Å². The lowest BCUT2D eigenvalue weighted by atomic mass is 10.3. The Hall–Kier alpha value is -2.09. The number of rotatable bonds is 5. The van der Waals surface area contributed by atoms with Gasteiger partial charge in [0.25, 0.3) is 0 Å². The summed E-state index contributed by atoms with van der Waals surface area (Å²) in [6, 6.07) is 3.60. The highest BCUT2D eigenvalue weighted by Gasteiger charge is 2.11. The molecule has 0 atom stereocenters. The monoisotopic (exact) mass is 266 g/mol. The number of carboxylic acids is 1. The first-order chi connectivity index (χ1) is 8.66. The summed E-state index contributed by atoms with van der Waals surface area (Å²) in [5, 5.41) is 15.1. The van der Waals surface area contributed by atoms with Crippen molar-refractivity contribution in [1.29, 1.82) is 0 Å². The molecule has 0 unspecified atom stereocenters. The van der Waals surface area contributed by atoms with E-state index in [0.717, 1.165) is 17.3 Å². The van der Waals surface area contributed by atoms with Crippen LogP contribution in [0.25, 0.3) is 0 Å². The van der Waals surface area contributed by atoms with Gasteiger partial charge in [-0.15, -0.1) is 5.10 Å². The predicted octanol–water partition coefficient (Wildman–Crippen LogP) is 0.191. The Kier molecular flexibility index (Phi) is 3.78. The van der Waals surface area contributed by atoms with E-state index >= 15 is 0 Å². The van der Waals surface area contributed by atoms with Crippen molar-refractivity contribution < 1.29 is 9.90 Å². The van der Waals surface area contributed by atoms with E-state index in [9.17, 15) is 9.59 Å². The summed E-state index contributed by atoms with van der Waals surface area (Å²) in [5.41, 5.74) is 0.477. The number of aromatic amines is 1. The Morgan fingerprint density at radius 2 is 2.39 bits per heavy atom. The minimum absolute atomic E-state index is 0.142. The van der Waals surface area contributed by atoms with Crippen LogP contribution in [0.5, 0.6) is 0 Å². The average molecular weight is 266 g/mol. The number of aromatic nitrogens is 4. The van der Waals surface area contributed by atoms with Crippen LogP contribution in [0.2, 0.25) is 0 Å². The first-order valence-corrected chi connectivity index (χ1v) is 6.04. The Labute approximate surface area is 106 Å². The molecule has 0 aliphatic carbocycles. The highest BCUT2D eigenvalue weighted by Crippen LogP contribution is 2.13. The van der Waals surface area contributed by atoms with Gasteiger partial charge < -0.3 is 5.11 Å². The van der Waals surface area contributed by atoms with Crippen molar-refractivity contribution in [3.8, 4) is 0 Å². The van der Waals surface area contributed by atoms with Gasteiger partial charge in [-0.3, -0.25) is 14.3 Å². The summed E-state index contributed by atoms with van der Waals surface area (Å²) in [7, 11) is 0. The van der Waals surface area contributed by atoms with E-state index < -0.39 is 5.97 Å². The molecule has 0 spiro atoms. The molecule has 2 aromatic heterocycles. The number of nitrogens with one attached hydrogen (secondary N) is 1. The molecular weight excluding hydrogens is 256 g/mol. The van der Waals surface area contributed by atoms with Crippen molar-refractivity contribution in [1.82, 2.24) is 19.7 Å². The van der Waals surface area contributed by atoms with Crippen LogP contribution < -0.4 is 5.69 Å². The van der Waals surface area contributed by atoms with E-state index in [4.69, 9.17) is 5.11 Å². The van der Waals surface area contributed by atoms with E-state index in [1.807, 2.05) is 6.07 Å². The second kappa shape index (κ2) is 5.50. The summed E-state index contributed by atoms with van der Waals surface area (Å²) in [6.45, 7) is 0.311. The zero-order valence-electron chi connectivity index (χ0n) is 9.24. The molecule has 0 saturated carbocycles. The Bertz CT molecular complexity index is 593. The van der Waals surface area contributed by atoms with Gasteiger partial charge in [-0.1, -0.05) is 17.8 Å². The first-order valence-electron chi connectivity index (χ1n) is 5.05. The van der Waals surface area contributed by atoms with E-state index in [1.165, 1.54) is 4.57 Å². The Morgan fingerprint density at radius 1 is 1.56 bits per heavy atom. The van der Waals surface area contributed by atoms with Crippen LogP contribution in [0, 0.1) is 0 Å². The molecule has 0 saturated heterocycles. The van der Waals surface area contributed by atoms with Gasteiger partial charge in [0.05, 0.1) is 12.3 Å². The molecule has 94 valence electrons. The number of thioether (sulfide) groups is 1. The number of pyridine rings is 1. The molecule has 0 amide bonds. The molecule has 0 bridgehead atoms. The zero-order valence-corrected chi connectivity index (χ0v) is 10.1. The van der Waals surface area contributed by atoms with Crippen LogP contribution in [-0.2, 0) is 11.3 Å². The van der Waals surface area contributed by atoms with Gasteiger partial charge in [-0.05, 0) is 11.6 Å². The van der Waals surface area contributed by atoms with Crippen LogP contribution in [0.4, 0.5) is 0 Å². The fraction of sp³-hybridized carbons (Fsp3) is 0.200. The third kappa shape index (κ3) is 2.98. The van der Waals surface area contributed by atoms with Crippen molar-refractivity contribution in [3.63, 3.8) is 0 Å². The smallest absolute Gasteiger partial charge is 0.344 e. The molecule has 0 fully saturated rings. The second-order valence-electron chi connectivity index (χ2n) is 3.44. The molecule has 2 N–H and O–H groups in total. The molecular formula is C10H10N4O3S. The van der Waals surface area contributed by atoms with E-state index in [1.54, 1.807) is 18.5 Å². The van der Waals surface area contributed by atoms with Gasteiger partial charge in [0.1, 0.15) is 0 Å². The maximum absolute atomic E-state index is 11.6. The van der Waals surface area contributed by atoms with Crippen LogP contribution >= 0.6 is 11.8 Å². The number of carboxylic acid groups (broad SMARTS) is 1. The topological polar surface area (TPSA) is 101 Å². The largest absolute Gasteiger partial charge is 0.481 e. The predicted molar refractivity (Wildman–Crippen MR) is 64.5 cm³/mol. The third-order valence-corrected chi connectivity index (χ3v) is 3.07. The Balaban J connectivity index is 2.19. The SMILES string of the molecule is O=C(O)CSc1n[nH]c(=O)n1Cc1cccnc1. The van der Waals surface area contributed by atoms with Gasteiger partial charge in [0.2, 0.25) is 0 Å². The summed E-state index contributed by atoms with van der Waals surface area (Å²) >= 11 is 0.996. The quantitative estimate of drug-likeness (QED) is 0.749. The molecule has 18 heavy (non-hydrogen) atoms. The second-order valence-corrected chi connectivity index (χ2v) is 4.38. The third-order valence-electron chi connectivity index (χ3n) is 2.11. The zero-order chi connectivity index (χ0) is 13.0. The number of aliphatic carboxylic acids is 1. The fourth-order valence-electron chi connectivity index (χ4n) is 1.35. The van der Waals surface area contributed by atoms with Crippen LogP contribution in [0.1, 0.15) is 5.56 Å². The highest BCUT2D eigenvalue weighted by atomic mass is 32.2. The molecule has 0 radical (unpaired) electrons. The molecule has 0 aliphatic rings. The fourth-order valence-corrected chi connectivity index (χ4v) is 2.02. The van der Waals surface area contributed by atoms with Gasteiger partial charge in [0.15, 0.2) is 5.16 Å². The van der Waals surface area contributed by atoms with Crippen molar-refractivity contribution in [2.75, 3.05) is 5.75 Å². The van der Waals surface area contributed by atoms with E-state index in [2.05, 4.69) is 15.2 Å². The van der Waals surface area contributed by atoms with Gasteiger partial charge >= 0.3 is 11.7 Å². The molecule has 0 aliphatic heterocycles. The molecule has 2 heterocycles. The lowest BCUT2D eigenvalue weighted by Crippen LogP contribution is -2.18. The Morgan fingerprint density at radius 3 is 3.06 bits per heavy atom. The first kappa shape index (κ1) is 12.4. The van der Waals surface area contributed by atoms with Crippen molar-refractivity contribution in [2.24, 2.45) is 0 Å². The minimum atomic E-state index is -0.955. The van der Waals surface area contributed by atoms with Crippen LogP contribution in [-0.4, -0.2) is 36.6 Å². The van der Waals surface area contributed by atoms with E-state index in [0.29, 0.717) is 11.7 Å². The molecule has 8 heteroatoms. The number of H-pyrrole nitrogens is 1. The van der Waals surface area contributed by atoms with Gasteiger partial charge in [-0.2, -0.15) is 0 Å². The number of nitrogens with zero attached hydrogens (tertiary/aromatic N) is 3. The minimum Gasteiger partial charge on any atom is -0.481 e. The average Bonchev–Trinajstić information content (AvgIpc) is 2.70. The summed E-state index contributed by atoms with van der Waals surface area (Å²) in [6.07, 6.45) is 3.28. The number of carbonyl (C=O) groups is 1. The maximum Gasteiger partial charge on any atom is 0.344 e. The lowest BCUT2D eigenvalue weighted by molar-refractivity contribution is -0.133. The van der Waals surface area contributed by atoms with Gasteiger partial charge in [0, 0.05) is 12.4 Å². The molecule has 0 aromatic carbocycles. The molecule has 2 rings (SSSR count). The highest BCUT2D eigenvalue weighted by molar-refractivity contribution is 7.99. The summed E-state index contributed by atoms with van der Waals surface area (Å²) in [4.78, 5) is 26.0. The molecule has 2 aromatic rings. The summed E-state index contributed by atoms with van der Waals surface area (Å²) in [5.74, 6) is -1.10. The number of hydrogen-bond donors (Lipinski definition) is 2. The standard InChI is InChI=1S/C10H10N4O3S/c15-8(16)6-18-10-13-12-9(17)14(10)5-7-2-1-3-11-4-7/h1-4H,5-6H2,(H,12,17)(H,15,16). The molecule has 7 nitrogen and oxygen atoms in total. The van der Waals surface area contributed by atoms with Crippen molar-refractivity contribution in [2.45, 2.75) is 11.7 Å². The van der Waals surface area contributed by atoms with Crippen molar-refractivity contribution >= 4 is 17.7 Å². The van der Waals surface area contributed by atoms with Gasteiger partial charge in [-0.25, -0.2) is 9.89 Å². The maximum atomic E-state index is 11.6. The summed E-state index contributed by atoms with van der Waals surface area (Å²) < 4.78 is 1.38. The number of hydrogen-bond acceptors (Lipinski definition) is 5. The van der Waals surface area contributed by atoms with Crippen LogP contribution in [0.3, 0.4) is 0 Å². The normalized spacial score (nSPS) is 10.4. The van der Waals surface area contributed by atoms with Crippen molar-refractivity contribution in [3.05, 3.63) is 40.6 Å². The van der Waals surface area contributed by atoms with E-state index in [-0.39, 0.29) is 11.4 Å². The lowest BCUT2D eigenvalue weighted by Gasteiger charge is -2.03.